The number of benzene rings is 2. The first-order chi connectivity index (χ1) is 13.2. The molecule has 2 fully saturated rings. The van der Waals surface area contributed by atoms with Crippen LogP contribution in [-0.2, 0) is 9.59 Å². The third-order valence-corrected chi connectivity index (χ3v) is 5.46. The van der Waals surface area contributed by atoms with E-state index in [9.17, 15) is 9.59 Å². The van der Waals surface area contributed by atoms with Crippen LogP contribution in [-0.4, -0.2) is 47.8 Å². The molecule has 2 aliphatic rings. The van der Waals surface area contributed by atoms with Crippen LogP contribution in [0.25, 0.3) is 6.08 Å². The Morgan fingerprint density at radius 1 is 0.815 bits per heavy atom. The van der Waals surface area contributed by atoms with E-state index >= 15 is 0 Å². The van der Waals surface area contributed by atoms with Gasteiger partial charge in [0.2, 0.25) is 11.8 Å². The Hall–Kier alpha value is -2.88. The number of hydrogen-bond acceptors (Lipinski definition) is 2. The Balaban J connectivity index is 1.27. The lowest BCUT2D eigenvalue weighted by Gasteiger charge is -2.34. The van der Waals surface area contributed by atoms with Gasteiger partial charge in [0.25, 0.3) is 0 Å². The third-order valence-electron chi connectivity index (χ3n) is 5.46. The van der Waals surface area contributed by atoms with E-state index in [0.717, 1.165) is 12.0 Å². The first-order valence-corrected chi connectivity index (χ1v) is 9.58. The Labute approximate surface area is 160 Å². The molecule has 1 saturated carbocycles. The maximum absolute atomic E-state index is 12.7. The Kier molecular flexibility index (Phi) is 5.05. The highest BCUT2D eigenvalue weighted by Gasteiger charge is 2.46. The maximum Gasteiger partial charge on any atom is 0.246 e. The summed E-state index contributed by atoms with van der Waals surface area (Å²) in [5, 5.41) is 0. The van der Waals surface area contributed by atoms with E-state index in [-0.39, 0.29) is 17.7 Å². The highest BCUT2D eigenvalue weighted by Crippen LogP contribution is 2.48. The smallest absolute Gasteiger partial charge is 0.246 e. The summed E-state index contributed by atoms with van der Waals surface area (Å²) in [6.07, 6.45) is 4.41. The van der Waals surface area contributed by atoms with Crippen molar-refractivity contribution in [2.75, 3.05) is 26.2 Å². The van der Waals surface area contributed by atoms with E-state index < -0.39 is 0 Å². The summed E-state index contributed by atoms with van der Waals surface area (Å²) in [6.45, 7) is 2.46. The summed E-state index contributed by atoms with van der Waals surface area (Å²) >= 11 is 0. The third kappa shape index (κ3) is 4.11. The molecule has 27 heavy (non-hydrogen) atoms. The molecule has 0 bridgehead atoms. The fraction of sp³-hybridized carbons (Fsp3) is 0.304. The first-order valence-electron chi connectivity index (χ1n) is 9.58. The van der Waals surface area contributed by atoms with Crippen molar-refractivity contribution in [3.05, 3.63) is 77.9 Å². The monoisotopic (exact) mass is 360 g/mol. The molecule has 2 amide bonds. The van der Waals surface area contributed by atoms with Crippen molar-refractivity contribution >= 4 is 17.9 Å². The van der Waals surface area contributed by atoms with Crippen LogP contribution < -0.4 is 0 Å². The summed E-state index contributed by atoms with van der Waals surface area (Å²) in [5.74, 6) is 0.745. The van der Waals surface area contributed by atoms with E-state index in [4.69, 9.17) is 0 Å². The van der Waals surface area contributed by atoms with Gasteiger partial charge >= 0.3 is 0 Å². The van der Waals surface area contributed by atoms with Crippen LogP contribution >= 0.6 is 0 Å². The molecule has 1 saturated heterocycles. The largest absolute Gasteiger partial charge is 0.339 e. The lowest BCUT2D eigenvalue weighted by molar-refractivity contribution is -0.138. The molecular formula is C23H24N2O2. The van der Waals surface area contributed by atoms with Crippen LogP contribution in [0.3, 0.4) is 0 Å². The Morgan fingerprint density at radius 2 is 1.41 bits per heavy atom. The second-order valence-electron chi connectivity index (χ2n) is 7.25. The van der Waals surface area contributed by atoms with E-state index in [1.54, 1.807) is 6.08 Å². The van der Waals surface area contributed by atoms with Gasteiger partial charge in [0, 0.05) is 38.2 Å². The molecular weight excluding hydrogens is 336 g/mol. The zero-order valence-electron chi connectivity index (χ0n) is 15.3. The molecule has 0 N–H and O–H groups in total. The topological polar surface area (TPSA) is 40.6 Å². The number of piperazine rings is 1. The molecule has 4 heteroatoms. The summed E-state index contributed by atoms with van der Waals surface area (Å²) < 4.78 is 0. The molecule has 0 radical (unpaired) electrons. The van der Waals surface area contributed by atoms with Gasteiger partial charge in [0.1, 0.15) is 0 Å². The number of nitrogens with zero attached hydrogens (tertiary/aromatic N) is 2. The van der Waals surface area contributed by atoms with Gasteiger partial charge in [-0.05, 0) is 29.5 Å². The predicted octanol–water partition coefficient (Wildman–Crippen LogP) is 3.17. The van der Waals surface area contributed by atoms with Gasteiger partial charge in [-0.3, -0.25) is 9.59 Å². The van der Waals surface area contributed by atoms with Gasteiger partial charge in [-0.2, -0.15) is 0 Å². The molecule has 4 nitrogen and oxygen atoms in total. The van der Waals surface area contributed by atoms with E-state index in [0.29, 0.717) is 32.1 Å². The normalized spacial score (nSPS) is 22.1. The average Bonchev–Trinajstić information content (AvgIpc) is 3.54. The molecule has 1 aliphatic carbocycles. The van der Waals surface area contributed by atoms with E-state index in [1.165, 1.54) is 5.56 Å². The molecule has 0 spiro atoms. The molecule has 2 aromatic rings. The molecule has 1 heterocycles. The van der Waals surface area contributed by atoms with Crippen molar-refractivity contribution in [3.8, 4) is 0 Å². The summed E-state index contributed by atoms with van der Waals surface area (Å²) in [4.78, 5) is 28.9. The van der Waals surface area contributed by atoms with Gasteiger partial charge in [-0.1, -0.05) is 60.7 Å². The number of rotatable bonds is 4. The molecule has 0 aromatic heterocycles. The quantitative estimate of drug-likeness (QED) is 0.786. The van der Waals surface area contributed by atoms with Crippen molar-refractivity contribution in [2.45, 2.75) is 12.3 Å². The van der Waals surface area contributed by atoms with Gasteiger partial charge in [-0.25, -0.2) is 0 Å². The minimum absolute atomic E-state index is 0.0135. The second kappa shape index (κ2) is 7.78. The van der Waals surface area contributed by atoms with Crippen molar-refractivity contribution < 1.29 is 9.59 Å². The standard InChI is InChI=1S/C23H24N2O2/c26-22(12-11-18-7-3-1-4-8-18)24-13-15-25(16-14-24)23(27)21-17-20(21)19-9-5-2-6-10-19/h1-12,20-21H,13-17H2/b12-11+. The molecule has 138 valence electrons. The molecule has 2 atom stereocenters. The van der Waals surface area contributed by atoms with Crippen LogP contribution in [0.5, 0.6) is 0 Å². The second-order valence-corrected chi connectivity index (χ2v) is 7.25. The van der Waals surface area contributed by atoms with Crippen molar-refractivity contribution in [3.63, 3.8) is 0 Å². The van der Waals surface area contributed by atoms with Gasteiger partial charge < -0.3 is 9.80 Å². The van der Waals surface area contributed by atoms with Crippen LogP contribution in [0.1, 0.15) is 23.5 Å². The first kappa shape index (κ1) is 17.5. The van der Waals surface area contributed by atoms with Gasteiger partial charge in [0.15, 0.2) is 0 Å². The summed E-state index contributed by atoms with van der Waals surface area (Å²) in [6, 6.07) is 20.1. The van der Waals surface area contributed by atoms with Crippen LogP contribution in [0, 0.1) is 5.92 Å². The molecule has 2 aromatic carbocycles. The van der Waals surface area contributed by atoms with E-state index in [2.05, 4.69) is 12.1 Å². The fourth-order valence-electron chi connectivity index (χ4n) is 3.76. The highest BCUT2D eigenvalue weighted by molar-refractivity contribution is 5.92. The number of hydrogen-bond donors (Lipinski definition) is 0. The van der Waals surface area contributed by atoms with Crippen LogP contribution in [0.15, 0.2) is 66.7 Å². The zero-order chi connectivity index (χ0) is 18.6. The van der Waals surface area contributed by atoms with Crippen molar-refractivity contribution in [1.82, 2.24) is 9.80 Å². The maximum atomic E-state index is 12.7. The van der Waals surface area contributed by atoms with Gasteiger partial charge in [-0.15, -0.1) is 0 Å². The minimum atomic E-state index is 0.0135. The minimum Gasteiger partial charge on any atom is -0.339 e. The lowest BCUT2D eigenvalue weighted by atomic mass is 10.1. The van der Waals surface area contributed by atoms with Crippen molar-refractivity contribution in [2.24, 2.45) is 5.92 Å². The number of amides is 2. The zero-order valence-corrected chi connectivity index (χ0v) is 15.3. The van der Waals surface area contributed by atoms with Crippen LogP contribution in [0.2, 0.25) is 0 Å². The Bertz CT molecular complexity index is 824. The fourth-order valence-corrected chi connectivity index (χ4v) is 3.76. The average molecular weight is 360 g/mol. The summed E-state index contributed by atoms with van der Waals surface area (Å²) in [7, 11) is 0. The van der Waals surface area contributed by atoms with Crippen LogP contribution in [0.4, 0.5) is 0 Å². The number of carbonyl (C=O) groups excluding carboxylic acids is 2. The SMILES string of the molecule is O=C(/C=C/c1ccccc1)N1CCN(C(=O)C2CC2c2ccccc2)CC1. The molecule has 2 unspecified atom stereocenters. The number of carbonyl (C=O) groups is 2. The van der Waals surface area contributed by atoms with Gasteiger partial charge in [0.05, 0.1) is 0 Å². The predicted molar refractivity (Wildman–Crippen MR) is 106 cm³/mol. The molecule has 1 aliphatic heterocycles. The Morgan fingerprint density at radius 3 is 2.07 bits per heavy atom. The summed E-state index contributed by atoms with van der Waals surface area (Å²) in [5.41, 5.74) is 2.27. The van der Waals surface area contributed by atoms with E-state index in [1.807, 2.05) is 64.4 Å². The lowest BCUT2D eigenvalue weighted by Crippen LogP contribution is -2.50. The van der Waals surface area contributed by atoms with Crippen molar-refractivity contribution in [1.29, 1.82) is 0 Å². The highest BCUT2D eigenvalue weighted by atomic mass is 16.2. The molecule has 4 rings (SSSR count).